The number of anilines is 1. The second-order valence-corrected chi connectivity index (χ2v) is 9.55. The predicted octanol–water partition coefficient (Wildman–Crippen LogP) is 6.01. The highest BCUT2D eigenvalue weighted by atomic mass is 79.9. The Balaban J connectivity index is 1.47. The lowest BCUT2D eigenvalue weighted by Gasteiger charge is -2.13. The van der Waals surface area contributed by atoms with Gasteiger partial charge >= 0.3 is 0 Å². The highest BCUT2D eigenvalue weighted by Crippen LogP contribution is 2.35. The first-order valence-corrected chi connectivity index (χ1v) is 12.1. The summed E-state index contributed by atoms with van der Waals surface area (Å²) >= 11 is 4.25. The van der Waals surface area contributed by atoms with E-state index in [-0.39, 0.29) is 11.4 Å². The van der Waals surface area contributed by atoms with Gasteiger partial charge in [0.2, 0.25) is 5.91 Å². The van der Waals surface area contributed by atoms with Crippen LogP contribution in [0.4, 0.5) is 10.5 Å². The van der Waals surface area contributed by atoms with Crippen molar-refractivity contribution in [2.45, 2.75) is 13.5 Å². The lowest BCUT2D eigenvalue weighted by molar-refractivity contribution is -0.127. The van der Waals surface area contributed by atoms with E-state index in [0.717, 1.165) is 32.3 Å². The number of halogens is 1. The third-order valence-electron chi connectivity index (χ3n) is 5.01. The Kier molecular flexibility index (Phi) is 7.49. The van der Waals surface area contributed by atoms with Gasteiger partial charge in [0.15, 0.2) is 0 Å². The molecule has 0 bridgehead atoms. The van der Waals surface area contributed by atoms with Gasteiger partial charge in [0.05, 0.1) is 4.91 Å². The smallest absolute Gasteiger partial charge is 0.294 e. The molecule has 1 fully saturated rings. The van der Waals surface area contributed by atoms with Gasteiger partial charge in [-0.25, -0.2) is 0 Å². The minimum Gasteiger partial charge on any atom is -0.488 e. The molecule has 6 nitrogen and oxygen atoms in total. The maximum atomic E-state index is 12.9. The van der Waals surface area contributed by atoms with Gasteiger partial charge in [-0.3, -0.25) is 19.3 Å². The Labute approximate surface area is 210 Å². The number of thioether (sulfide) groups is 1. The van der Waals surface area contributed by atoms with Crippen molar-refractivity contribution in [3.05, 3.63) is 98.9 Å². The molecule has 0 unspecified atom stereocenters. The molecule has 1 heterocycles. The summed E-state index contributed by atoms with van der Waals surface area (Å²) in [7, 11) is 0. The average molecular weight is 537 g/mol. The van der Waals surface area contributed by atoms with E-state index >= 15 is 0 Å². The van der Waals surface area contributed by atoms with Crippen molar-refractivity contribution in [1.29, 1.82) is 0 Å². The summed E-state index contributed by atoms with van der Waals surface area (Å²) in [6.07, 6.45) is 1.62. The normalized spacial score (nSPS) is 14.5. The summed E-state index contributed by atoms with van der Waals surface area (Å²) in [5.41, 5.74) is 3.33. The molecule has 0 saturated carbocycles. The summed E-state index contributed by atoms with van der Waals surface area (Å²) in [4.78, 5) is 39.0. The molecule has 1 saturated heterocycles. The molecule has 0 spiro atoms. The molecule has 0 aromatic heterocycles. The summed E-state index contributed by atoms with van der Waals surface area (Å²) in [5.74, 6) is -0.374. The molecule has 172 valence electrons. The fourth-order valence-corrected chi connectivity index (χ4v) is 4.47. The lowest BCUT2D eigenvalue weighted by Crippen LogP contribution is -2.36. The van der Waals surface area contributed by atoms with Gasteiger partial charge in [-0.15, -0.1) is 0 Å². The fourth-order valence-electron chi connectivity index (χ4n) is 3.26. The lowest BCUT2D eigenvalue weighted by atomic mass is 10.1. The third kappa shape index (κ3) is 5.95. The fraction of sp³-hybridized carbons (Fsp3) is 0.115. The number of rotatable bonds is 7. The van der Waals surface area contributed by atoms with Crippen LogP contribution in [0.1, 0.15) is 16.7 Å². The zero-order valence-corrected chi connectivity index (χ0v) is 20.7. The second-order valence-electron chi connectivity index (χ2n) is 7.64. The van der Waals surface area contributed by atoms with Crippen LogP contribution in [0.2, 0.25) is 0 Å². The molecule has 1 N–H and O–H groups in total. The van der Waals surface area contributed by atoms with Crippen LogP contribution < -0.4 is 10.1 Å². The standard InChI is InChI=1S/C26H21BrN2O4S/c1-17-7-10-21(11-8-17)28-24(30)15-29-25(31)23(34-26(29)32)14-19-13-20(27)9-12-22(19)33-16-18-5-3-2-4-6-18/h2-14H,15-16H2,1H3,(H,28,30)/b23-14-. The molecule has 3 aromatic carbocycles. The number of imide groups is 1. The maximum absolute atomic E-state index is 12.9. The second kappa shape index (κ2) is 10.7. The molecule has 3 aromatic rings. The SMILES string of the molecule is Cc1ccc(NC(=O)CN2C(=O)S/C(=C\c3cc(Br)ccc3OCc3ccccc3)C2=O)cc1. The van der Waals surface area contributed by atoms with Crippen LogP contribution in [0, 0.1) is 6.92 Å². The maximum Gasteiger partial charge on any atom is 0.294 e. The molecule has 4 rings (SSSR count). The van der Waals surface area contributed by atoms with Crippen LogP contribution >= 0.6 is 27.7 Å². The van der Waals surface area contributed by atoms with Crippen LogP contribution in [-0.4, -0.2) is 28.5 Å². The first kappa shape index (κ1) is 23.8. The van der Waals surface area contributed by atoms with Crippen molar-refractivity contribution in [1.82, 2.24) is 4.90 Å². The van der Waals surface area contributed by atoms with Gasteiger partial charge in [0.1, 0.15) is 18.9 Å². The summed E-state index contributed by atoms with van der Waals surface area (Å²) < 4.78 is 6.78. The van der Waals surface area contributed by atoms with Crippen LogP contribution in [0.5, 0.6) is 5.75 Å². The molecular formula is C26H21BrN2O4S. The number of carbonyl (C=O) groups is 3. The average Bonchev–Trinajstić information content (AvgIpc) is 3.08. The van der Waals surface area contributed by atoms with Gasteiger partial charge in [0, 0.05) is 15.7 Å². The van der Waals surface area contributed by atoms with E-state index in [9.17, 15) is 14.4 Å². The minimum absolute atomic E-state index is 0.232. The predicted molar refractivity (Wildman–Crippen MR) is 137 cm³/mol. The van der Waals surface area contributed by atoms with Crippen molar-refractivity contribution in [3.63, 3.8) is 0 Å². The molecule has 0 atom stereocenters. The van der Waals surface area contributed by atoms with Gasteiger partial charge in [-0.1, -0.05) is 64.0 Å². The van der Waals surface area contributed by atoms with E-state index in [1.165, 1.54) is 0 Å². The number of hydrogen-bond donors (Lipinski definition) is 1. The number of nitrogens with zero attached hydrogens (tertiary/aromatic N) is 1. The van der Waals surface area contributed by atoms with Crippen LogP contribution in [0.3, 0.4) is 0 Å². The van der Waals surface area contributed by atoms with E-state index in [2.05, 4.69) is 21.2 Å². The number of aryl methyl sites for hydroxylation is 1. The number of carbonyl (C=O) groups excluding carboxylic acids is 3. The number of benzene rings is 3. The van der Waals surface area contributed by atoms with Crippen molar-refractivity contribution in [2.24, 2.45) is 0 Å². The summed E-state index contributed by atoms with van der Waals surface area (Å²) in [5, 5.41) is 2.22. The van der Waals surface area contributed by atoms with E-state index in [0.29, 0.717) is 23.6 Å². The monoisotopic (exact) mass is 536 g/mol. The van der Waals surface area contributed by atoms with Crippen LogP contribution in [0.15, 0.2) is 82.2 Å². The molecule has 3 amide bonds. The van der Waals surface area contributed by atoms with E-state index < -0.39 is 17.1 Å². The highest BCUT2D eigenvalue weighted by molar-refractivity contribution is 9.10. The zero-order chi connectivity index (χ0) is 24.1. The Hall–Kier alpha value is -3.36. The van der Waals surface area contributed by atoms with Crippen molar-refractivity contribution >= 4 is 56.5 Å². The molecule has 0 radical (unpaired) electrons. The largest absolute Gasteiger partial charge is 0.488 e. The Morgan fingerprint density at radius 3 is 2.53 bits per heavy atom. The summed E-state index contributed by atoms with van der Waals surface area (Å²) in [6, 6.07) is 22.5. The van der Waals surface area contributed by atoms with Crippen LogP contribution in [0.25, 0.3) is 6.08 Å². The number of ether oxygens (including phenoxy) is 1. The third-order valence-corrected chi connectivity index (χ3v) is 6.41. The number of hydrogen-bond acceptors (Lipinski definition) is 5. The number of amides is 3. The Bertz CT molecular complexity index is 1260. The number of nitrogens with one attached hydrogen (secondary N) is 1. The quantitative estimate of drug-likeness (QED) is 0.374. The Morgan fingerprint density at radius 2 is 1.79 bits per heavy atom. The van der Waals surface area contributed by atoms with Gasteiger partial charge in [-0.05, 0) is 60.7 Å². The van der Waals surface area contributed by atoms with Crippen LogP contribution in [-0.2, 0) is 16.2 Å². The van der Waals surface area contributed by atoms with E-state index in [1.807, 2.05) is 61.5 Å². The van der Waals surface area contributed by atoms with E-state index in [1.54, 1.807) is 24.3 Å². The van der Waals surface area contributed by atoms with Crippen molar-refractivity contribution in [2.75, 3.05) is 11.9 Å². The molecule has 1 aliphatic rings. The van der Waals surface area contributed by atoms with Gasteiger partial charge in [-0.2, -0.15) is 0 Å². The van der Waals surface area contributed by atoms with Crippen molar-refractivity contribution < 1.29 is 19.1 Å². The molecule has 34 heavy (non-hydrogen) atoms. The molecule has 0 aliphatic carbocycles. The molecule has 1 aliphatic heterocycles. The minimum atomic E-state index is -0.511. The van der Waals surface area contributed by atoms with Gasteiger partial charge < -0.3 is 10.1 Å². The summed E-state index contributed by atoms with van der Waals surface area (Å²) in [6.45, 7) is 1.96. The van der Waals surface area contributed by atoms with Gasteiger partial charge in [0.25, 0.3) is 11.1 Å². The molecule has 8 heteroatoms. The topological polar surface area (TPSA) is 75.7 Å². The first-order valence-electron chi connectivity index (χ1n) is 10.5. The molecular weight excluding hydrogens is 516 g/mol. The first-order chi connectivity index (χ1) is 16.4. The Morgan fingerprint density at radius 1 is 1.06 bits per heavy atom. The zero-order valence-electron chi connectivity index (χ0n) is 18.3. The van der Waals surface area contributed by atoms with E-state index in [4.69, 9.17) is 4.74 Å². The highest BCUT2D eigenvalue weighted by Gasteiger charge is 2.36. The van der Waals surface area contributed by atoms with Crippen molar-refractivity contribution in [3.8, 4) is 5.75 Å².